The number of anilines is 1. The molecule has 2 aliphatic heterocycles. The Morgan fingerprint density at radius 2 is 1.94 bits per heavy atom. The molecule has 0 saturated carbocycles. The second kappa shape index (κ2) is 10.4. The number of hydrogen-bond donors (Lipinski definition) is 1. The van der Waals surface area contributed by atoms with Crippen LogP contribution in [-0.2, 0) is 9.53 Å². The van der Waals surface area contributed by atoms with Crippen molar-refractivity contribution < 1.29 is 19.1 Å². The van der Waals surface area contributed by atoms with Crippen molar-refractivity contribution in [1.82, 2.24) is 4.90 Å². The van der Waals surface area contributed by atoms with Gasteiger partial charge in [0.05, 0.1) is 17.7 Å². The number of amides is 2. The number of hydrogen-bond acceptors (Lipinski definition) is 8. The van der Waals surface area contributed by atoms with E-state index >= 15 is 0 Å². The number of ether oxygens (including phenoxy) is 2. The fourth-order valence-electron chi connectivity index (χ4n) is 3.83. The molecule has 10 heteroatoms. The Balaban J connectivity index is 1.43. The number of thioether (sulfide) groups is 1. The number of likely N-dealkylation sites (tertiary alicyclic amines) is 1. The lowest BCUT2D eigenvalue weighted by Crippen LogP contribution is -2.46. The molecule has 35 heavy (non-hydrogen) atoms. The van der Waals surface area contributed by atoms with Crippen molar-refractivity contribution in [3.8, 4) is 5.75 Å². The van der Waals surface area contributed by atoms with Gasteiger partial charge in [-0.25, -0.2) is 9.79 Å². The summed E-state index contributed by atoms with van der Waals surface area (Å²) >= 11 is 2.99. The lowest BCUT2D eigenvalue weighted by molar-refractivity contribution is -0.113. The first kappa shape index (κ1) is 25.2. The number of carbonyl (C=O) groups excluding carboxylic acids is 2. The first-order valence-electron chi connectivity index (χ1n) is 11.4. The lowest BCUT2D eigenvalue weighted by atomic mass is 9.99. The van der Waals surface area contributed by atoms with Crippen LogP contribution in [0.2, 0.25) is 0 Å². The van der Waals surface area contributed by atoms with Crippen molar-refractivity contribution in [3.05, 3.63) is 46.7 Å². The van der Waals surface area contributed by atoms with E-state index in [1.165, 1.54) is 11.8 Å². The van der Waals surface area contributed by atoms with Crippen molar-refractivity contribution in [1.29, 1.82) is 0 Å². The molecule has 1 aromatic heterocycles. The van der Waals surface area contributed by atoms with E-state index in [1.54, 1.807) is 29.4 Å². The van der Waals surface area contributed by atoms with Crippen LogP contribution in [0.1, 0.15) is 38.5 Å². The minimum absolute atomic E-state index is 0.128. The Morgan fingerprint density at radius 3 is 2.60 bits per heavy atom. The third kappa shape index (κ3) is 6.43. The van der Waals surface area contributed by atoms with Gasteiger partial charge < -0.3 is 19.7 Å². The van der Waals surface area contributed by atoms with Crippen LogP contribution in [0.3, 0.4) is 0 Å². The molecule has 186 valence electrons. The van der Waals surface area contributed by atoms with Crippen molar-refractivity contribution in [2.24, 2.45) is 9.98 Å². The van der Waals surface area contributed by atoms with Crippen LogP contribution in [0.4, 0.5) is 10.5 Å². The van der Waals surface area contributed by atoms with Crippen molar-refractivity contribution in [3.63, 3.8) is 0 Å². The first-order valence-corrected chi connectivity index (χ1v) is 13.3. The highest BCUT2D eigenvalue weighted by molar-refractivity contribution is 8.16. The smallest absolute Gasteiger partial charge is 0.410 e. The summed E-state index contributed by atoms with van der Waals surface area (Å²) in [6.07, 6.45) is 0.920. The molecule has 0 aliphatic carbocycles. The first-order chi connectivity index (χ1) is 16.7. The number of nitrogens with zero attached hydrogens (tertiary/aromatic N) is 3. The van der Waals surface area contributed by atoms with E-state index < -0.39 is 11.3 Å². The molecular formula is C25H30N4O4S2. The van der Waals surface area contributed by atoms with Crippen LogP contribution in [-0.4, -0.2) is 64.9 Å². The largest absolute Gasteiger partial charge is 0.497 e. The van der Waals surface area contributed by atoms with E-state index in [9.17, 15) is 9.59 Å². The molecular weight excluding hydrogens is 484 g/mol. The summed E-state index contributed by atoms with van der Waals surface area (Å²) in [6.45, 7) is 6.64. The number of piperidine rings is 1. The molecule has 1 N–H and O–H groups in total. The van der Waals surface area contributed by atoms with Crippen molar-refractivity contribution >= 4 is 51.5 Å². The molecule has 3 heterocycles. The summed E-state index contributed by atoms with van der Waals surface area (Å²) in [4.78, 5) is 37.9. The summed E-state index contributed by atoms with van der Waals surface area (Å²) < 4.78 is 10.7. The van der Waals surface area contributed by atoms with Crippen molar-refractivity contribution in [2.45, 2.75) is 44.9 Å². The predicted molar refractivity (Wildman–Crippen MR) is 142 cm³/mol. The average Bonchev–Trinajstić information content (AvgIpc) is 3.45. The quantitative estimate of drug-likeness (QED) is 0.602. The maximum absolute atomic E-state index is 12.6. The maximum Gasteiger partial charge on any atom is 0.410 e. The number of rotatable bonds is 5. The maximum atomic E-state index is 12.6. The Kier molecular flexibility index (Phi) is 7.51. The van der Waals surface area contributed by atoms with E-state index in [0.717, 1.165) is 15.6 Å². The van der Waals surface area contributed by atoms with Gasteiger partial charge in [0.15, 0.2) is 5.66 Å². The molecule has 1 saturated heterocycles. The highest BCUT2D eigenvalue weighted by Gasteiger charge is 2.41. The number of thiophene rings is 1. The van der Waals surface area contributed by atoms with Gasteiger partial charge >= 0.3 is 6.09 Å². The third-order valence-electron chi connectivity index (χ3n) is 5.50. The Morgan fingerprint density at radius 1 is 1.17 bits per heavy atom. The summed E-state index contributed by atoms with van der Waals surface area (Å²) in [5.74, 6) is 0.764. The van der Waals surface area contributed by atoms with E-state index in [0.29, 0.717) is 37.4 Å². The number of aliphatic imine (C=N–C) groups is 2. The van der Waals surface area contributed by atoms with Crippen LogP contribution in [0.15, 0.2) is 51.8 Å². The van der Waals surface area contributed by atoms with Crippen LogP contribution in [0.25, 0.3) is 0 Å². The van der Waals surface area contributed by atoms with Gasteiger partial charge in [-0.3, -0.25) is 9.79 Å². The lowest BCUT2D eigenvalue weighted by Gasteiger charge is -2.36. The van der Waals surface area contributed by atoms with Gasteiger partial charge in [-0.2, -0.15) is 0 Å². The number of carbonyl (C=O) groups is 2. The topological polar surface area (TPSA) is 92.6 Å². The second-order valence-electron chi connectivity index (χ2n) is 9.37. The van der Waals surface area contributed by atoms with E-state index in [2.05, 4.69) is 5.32 Å². The van der Waals surface area contributed by atoms with Crippen LogP contribution < -0.4 is 10.1 Å². The molecule has 4 rings (SSSR count). The zero-order valence-corrected chi connectivity index (χ0v) is 22.0. The summed E-state index contributed by atoms with van der Waals surface area (Å²) in [7, 11) is 1.59. The molecule has 0 atom stereocenters. The van der Waals surface area contributed by atoms with Gasteiger partial charge in [-0.05, 0) is 44.4 Å². The molecule has 0 radical (unpaired) electrons. The van der Waals surface area contributed by atoms with Gasteiger partial charge in [-0.15, -0.1) is 11.3 Å². The predicted octanol–water partition coefficient (Wildman–Crippen LogP) is 5.06. The molecule has 2 amide bonds. The molecule has 2 aliphatic rings. The van der Waals surface area contributed by atoms with Gasteiger partial charge in [-0.1, -0.05) is 23.9 Å². The molecule has 0 bridgehead atoms. The Hall–Kier alpha value is -2.85. The summed E-state index contributed by atoms with van der Waals surface area (Å²) in [6, 6.07) is 11.3. The number of benzene rings is 1. The molecule has 1 spiro atoms. The van der Waals surface area contributed by atoms with E-state index in [4.69, 9.17) is 19.5 Å². The van der Waals surface area contributed by atoms with Gasteiger partial charge in [0.25, 0.3) is 0 Å². The number of nitrogens with one attached hydrogen (secondary N) is 1. The minimum atomic E-state index is -0.608. The average molecular weight is 515 g/mol. The fourth-order valence-corrected chi connectivity index (χ4v) is 5.47. The van der Waals surface area contributed by atoms with Crippen molar-refractivity contribution in [2.75, 3.05) is 31.3 Å². The van der Waals surface area contributed by atoms with Gasteiger partial charge in [0.1, 0.15) is 22.1 Å². The zero-order chi connectivity index (χ0) is 25.1. The molecule has 1 aromatic carbocycles. The third-order valence-corrected chi connectivity index (χ3v) is 7.34. The standard InChI is InChI=1S/C25H30N4O4S2/c1-24(2,3)33-23(31)29-12-10-25(11-13-29)27-21(19-9-6-14-34-19)22(28-25)35-16-20(30)26-17-7-5-8-18(15-17)32-4/h5-9,14-15H,10-13,16H2,1-4H3,(H,26,30). The minimum Gasteiger partial charge on any atom is -0.497 e. The Bertz CT molecular complexity index is 1130. The van der Waals surface area contributed by atoms with Gasteiger partial charge in [0.2, 0.25) is 5.91 Å². The highest BCUT2D eigenvalue weighted by Crippen LogP contribution is 2.36. The molecule has 1 fully saturated rings. The van der Waals surface area contributed by atoms with Gasteiger partial charge in [0, 0.05) is 37.7 Å². The monoisotopic (exact) mass is 514 g/mol. The van der Waals surface area contributed by atoms with E-state index in [-0.39, 0.29) is 17.8 Å². The summed E-state index contributed by atoms with van der Waals surface area (Å²) in [5.41, 5.74) is 0.368. The Labute approximate surface area is 213 Å². The SMILES string of the molecule is COc1cccc(NC(=O)CSC2=NC3(CCN(C(=O)OC(C)(C)C)CC3)N=C2c2cccs2)c1. The summed E-state index contributed by atoms with van der Waals surface area (Å²) in [5, 5.41) is 5.68. The molecule has 2 aromatic rings. The van der Waals surface area contributed by atoms with Crippen LogP contribution >= 0.6 is 23.1 Å². The fraction of sp³-hybridized carbons (Fsp3) is 0.440. The highest BCUT2D eigenvalue weighted by atomic mass is 32.2. The van der Waals surface area contributed by atoms with Crippen LogP contribution in [0, 0.1) is 0 Å². The normalized spacial score (nSPS) is 17.1. The van der Waals surface area contributed by atoms with Crippen LogP contribution in [0.5, 0.6) is 5.75 Å². The number of methoxy groups -OCH3 is 1. The van der Waals surface area contributed by atoms with E-state index in [1.807, 2.05) is 56.5 Å². The molecule has 8 nitrogen and oxygen atoms in total. The molecule has 0 unspecified atom stereocenters. The zero-order valence-electron chi connectivity index (χ0n) is 20.4. The second-order valence-corrected chi connectivity index (χ2v) is 11.3.